The zero-order chi connectivity index (χ0) is 22.9. The van der Waals surface area contributed by atoms with E-state index >= 15 is 0 Å². The molecular formula is C27H31N5O2. The van der Waals surface area contributed by atoms with Crippen molar-refractivity contribution in [2.24, 2.45) is 13.0 Å². The van der Waals surface area contributed by atoms with Crippen molar-refractivity contribution < 1.29 is 9.47 Å². The normalized spacial score (nSPS) is 21.3. The van der Waals surface area contributed by atoms with Gasteiger partial charge in [0.25, 0.3) is 0 Å². The Morgan fingerprint density at radius 1 is 1.00 bits per heavy atom. The number of ether oxygens (including phenoxy) is 2. The second kappa shape index (κ2) is 9.22. The Morgan fingerprint density at radius 2 is 1.79 bits per heavy atom. The molecule has 0 radical (unpaired) electrons. The molecule has 2 aromatic heterocycles. The lowest BCUT2D eigenvalue weighted by Gasteiger charge is -2.31. The summed E-state index contributed by atoms with van der Waals surface area (Å²) < 4.78 is 14.1. The van der Waals surface area contributed by atoms with Gasteiger partial charge in [0.15, 0.2) is 0 Å². The lowest BCUT2D eigenvalue weighted by Crippen LogP contribution is -2.36. The highest BCUT2D eigenvalue weighted by Gasteiger charge is 2.25. The zero-order valence-electron chi connectivity index (χ0n) is 19.7. The summed E-state index contributed by atoms with van der Waals surface area (Å²) in [6.07, 6.45) is 9.17. The molecule has 1 aliphatic heterocycles. The monoisotopic (exact) mass is 457 g/mol. The minimum absolute atomic E-state index is 0.210. The van der Waals surface area contributed by atoms with Crippen LogP contribution in [-0.2, 0) is 18.2 Å². The number of para-hydroxylation sites is 1. The van der Waals surface area contributed by atoms with Gasteiger partial charge in [0.1, 0.15) is 11.3 Å². The van der Waals surface area contributed by atoms with Crippen LogP contribution in [0.1, 0.15) is 31.4 Å². The molecule has 2 aliphatic rings. The zero-order valence-corrected chi connectivity index (χ0v) is 19.7. The third-order valence-corrected chi connectivity index (χ3v) is 7.30. The number of benzene rings is 2. The molecule has 0 spiro atoms. The number of hydrogen-bond donors (Lipinski definition) is 0. The molecule has 0 atom stereocenters. The number of rotatable bonds is 5. The third kappa shape index (κ3) is 4.20. The van der Waals surface area contributed by atoms with E-state index in [0.29, 0.717) is 5.92 Å². The molecule has 7 heteroatoms. The number of hydrogen-bond acceptors (Lipinski definition) is 6. The molecule has 1 saturated carbocycles. The van der Waals surface area contributed by atoms with Crippen LogP contribution in [0.3, 0.4) is 0 Å². The SMILES string of the molecule is Cn1nc(CC2CCC(Oc3cc(N4CCOCC4)cc4nccnc34)CC2)c2ccccc21. The van der Waals surface area contributed by atoms with Crippen molar-refractivity contribution in [3.05, 3.63) is 54.5 Å². The highest BCUT2D eigenvalue weighted by atomic mass is 16.5. The summed E-state index contributed by atoms with van der Waals surface area (Å²) in [6.45, 7) is 3.28. The van der Waals surface area contributed by atoms with Crippen molar-refractivity contribution in [1.29, 1.82) is 0 Å². The lowest BCUT2D eigenvalue weighted by molar-refractivity contribution is 0.122. The number of morpholine rings is 1. The highest BCUT2D eigenvalue weighted by Crippen LogP contribution is 2.35. The standard InChI is InChI=1S/C27H31N5O2/c1-31-25-5-3-2-4-22(25)23(30-31)16-19-6-8-21(9-7-19)34-26-18-20(32-12-14-33-15-13-32)17-24-27(26)29-11-10-28-24/h2-5,10-11,17-19,21H,6-9,12-16H2,1H3. The van der Waals surface area contributed by atoms with Gasteiger partial charge in [0.2, 0.25) is 0 Å². The number of nitrogens with zero attached hydrogens (tertiary/aromatic N) is 5. The number of anilines is 1. The second-order valence-electron chi connectivity index (χ2n) is 9.52. The van der Waals surface area contributed by atoms with Crippen molar-refractivity contribution >= 4 is 27.6 Å². The van der Waals surface area contributed by atoms with Crippen molar-refractivity contribution in [2.75, 3.05) is 31.2 Å². The minimum Gasteiger partial charge on any atom is -0.488 e. The lowest BCUT2D eigenvalue weighted by atomic mass is 9.84. The quantitative estimate of drug-likeness (QED) is 0.439. The summed E-state index contributed by atoms with van der Waals surface area (Å²) in [7, 11) is 2.04. The Balaban J connectivity index is 1.16. The van der Waals surface area contributed by atoms with E-state index < -0.39 is 0 Å². The molecular weight excluding hydrogens is 426 g/mol. The summed E-state index contributed by atoms with van der Waals surface area (Å²) in [4.78, 5) is 11.5. The first kappa shape index (κ1) is 21.4. The van der Waals surface area contributed by atoms with Crippen LogP contribution >= 0.6 is 0 Å². The van der Waals surface area contributed by atoms with Crippen LogP contribution in [0, 0.1) is 5.92 Å². The molecule has 0 unspecified atom stereocenters. The molecule has 1 saturated heterocycles. The topological polar surface area (TPSA) is 65.3 Å². The van der Waals surface area contributed by atoms with E-state index in [1.165, 1.54) is 16.6 Å². The van der Waals surface area contributed by atoms with Crippen LogP contribution in [0.2, 0.25) is 0 Å². The smallest absolute Gasteiger partial charge is 0.149 e. The Labute approximate surface area is 199 Å². The summed E-state index contributed by atoms with van der Waals surface area (Å²) >= 11 is 0. The van der Waals surface area contributed by atoms with Gasteiger partial charge in [-0.05, 0) is 50.2 Å². The largest absolute Gasteiger partial charge is 0.488 e. The highest BCUT2D eigenvalue weighted by molar-refractivity contribution is 5.85. The Bertz CT molecular complexity index is 1290. The minimum atomic E-state index is 0.210. The molecule has 1 aliphatic carbocycles. The molecule has 0 N–H and O–H groups in total. The van der Waals surface area contributed by atoms with E-state index in [-0.39, 0.29) is 6.10 Å². The summed E-state index contributed by atoms with van der Waals surface area (Å²) in [5, 5.41) is 6.10. The maximum absolute atomic E-state index is 6.59. The predicted octanol–water partition coefficient (Wildman–Crippen LogP) is 4.53. The van der Waals surface area contributed by atoms with Crippen LogP contribution in [0.25, 0.3) is 21.9 Å². The second-order valence-corrected chi connectivity index (χ2v) is 9.52. The van der Waals surface area contributed by atoms with Gasteiger partial charge in [0, 0.05) is 49.7 Å². The summed E-state index contributed by atoms with van der Waals surface area (Å²) in [6, 6.07) is 12.8. The summed E-state index contributed by atoms with van der Waals surface area (Å²) in [5.74, 6) is 1.50. The predicted molar refractivity (Wildman–Crippen MR) is 133 cm³/mol. The van der Waals surface area contributed by atoms with Crippen molar-refractivity contribution in [2.45, 2.75) is 38.2 Å². The van der Waals surface area contributed by atoms with Gasteiger partial charge in [-0.1, -0.05) is 18.2 Å². The average Bonchev–Trinajstić information content (AvgIpc) is 3.21. The number of fused-ring (bicyclic) bond motifs is 2. The van der Waals surface area contributed by atoms with Gasteiger partial charge in [-0.15, -0.1) is 0 Å². The van der Waals surface area contributed by atoms with Crippen molar-refractivity contribution in [3.63, 3.8) is 0 Å². The fourth-order valence-electron chi connectivity index (χ4n) is 5.47. The van der Waals surface area contributed by atoms with E-state index in [4.69, 9.17) is 14.6 Å². The number of aryl methyl sites for hydroxylation is 1. The first-order valence-corrected chi connectivity index (χ1v) is 12.4. The molecule has 2 fully saturated rings. The van der Waals surface area contributed by atoms with Crippen molar-refractivity contribution in [3.8, 4) is 5.75 Å². The fourth-order valence-corrected chi connectivity index (χ4v) is 5.47. The molecule has 0 amide bonds. The van der Waals surface area contributed by atoms with Crippen LogP contribution in [0.4, 0.5) is 5.69 Å². The Kier molecular flexibility index (Phi) is 5.79. The average molecular weight is 458 g/mol. The molecule has 34 heavy (non-hydrogen) atoms. The fraction of sp³-hybridized carbons (Fsp3) is 0.444. The van der Waals surface area contributed by atoms with Gasteiger partial charge < -0.3 is 14.4 Å². The maximum Gasteiger partial charge on any atom is 0.149 e. The van der Waals surface area contributed by atoms with Crippen molar-refractivity contribution in [1.82, 2.24) is 19.7 Å². The van der Waals surface area contributed by atoms with Gasteiger partial charge in [-0.25, -0.2) is 4.98 Å². The van der Waals surface area contributed by atoms with Crippen LogP contribution < -0.4 is 9.64 Å². The van der Waals surface area contributed by atoms with Crippen LogP contribution in [0.5, 0.6) is 5.75 Å². The molecule has 6 rings (SSSR count). The molecule has 7 nitrogen and oxygen atoms in total. The van der Waals surface area contributed by atoms with Gasteiger partial charge in [-0.2, -0.15) is 5.10 Å². The van der Waals surface area contributed by atoms with Crippen LogP contribution in [-0.4, -0.2) is 52.2 Å². The van der Waals surface area contributed by atoms with Gasteiger partial charge in [0.05, 0.1) is 36.0 Å². The van der Waals surface area contributed by atoms with E-state index in [1.54, 1.807) is 12.4 Å². The van der Waals surface area contributed by atoms with E-state index in [0.717, 1.165) is 80.9 Å². The third-order valence-electron chi connectivity index (χ3n) is 7.30. The Hall–Kier alpha value is -3.19. The first-order chi connectivity index (χ1) is 16.7. The molecule has 2 aromatic carbocycles. The van der Waals surface area contributed by atoms with Crippen LogP contribution in [0.15, 0.2) is 48.8 Å². The van der Waals surface area contributed by atoms with E-state index in [9.17, 15) is 0 Å². The van der Waals surface area contributed by atoms with Gasteiger partial charge in [-0.3, -0.25) is 9.67 Å². The molecule has 0 bridgehead atoms. The molecule has 3 heterocycles. The molecule has 4 aromatic rings. The van der Waals surface area contributed by atoms with Gasteiger partial charge >= 0.3 is 0 Å². The Morgan fingerprint density at radius 3 is 2.65 bits per heavy atom. The summed E-state index contributed by atoms with van der Waals surface area (Å²) in [5.41, 5.74) is 5.31. The number of aromatic nitrogens is 4. The molecule has 176 valence electrons. The van der Waals surface area contributed by atoms with E-state index in [2.05, 4.69) is 51.3 Å². The first-order valence-electron chi connectivity index (χ1n) is 12.4. The maximum atomic E-state index is 6.59. The van der Waals surface area contributed by atoms with E-state index in [1.807, 2.05) is 11.7 Å².